The largest absolute Gasteiger partial charge is 0.395 e. The first kappa shape index (κ1) is 14.2. The summed E-state index contributed by atoms with van der Waals surface area (Å²) in [7, 11) is -3.20. The fourth-order valence-corrected chi connectivity index (χ4v) is 3.84. The Morgan fingerprint density at radius 3 is 2.44 bits per heavy atom. The van der Waals surface area contributed by atoms with Crippen molar-refractivity contribution < 1.29 is 13.5 Å². The molecule has 1 fully saturated rings. The molecule has 0 radical (unpaired) electrons. The lowest BCUT2D eigenvalue weighted by atomic mass is 9.93. The molecule has 0 bridgehead atoms. The van der Waals surface area contributed by atoms with Crippen LogP contribution < -0.4 is 0 Å². The fourth-order valence-electron chi connectivity index (χ4n) is 1.82. The lowest BCUT2D eigenvalue weighted by Crippen LogP contribution is -2.46. The standard InChI is InChI=1S/C10H20ClNO3S/c11-6-1-2-9-16(14,15)12(7-8-13)10-4-3-5-10/h10,13H,1-9H2. The normalized spacial score (nSPS) is 17.7. The van der Waals surface area contributed by atoms with Crippen molar-refractivity contribution in [3.63, 3.8) is 0 Å². The number of halogens is 1. The van der Waals surface area contributed by atoms with E-state index in [1.54, 1.807) is 0 Å². The monoisotopic (exact) mass is 269 g/mol. The van der Waals surface area contributed by atoms with Gasteiger partial charge < -0.3 is 5.11 Å². The molecule has 4 nitrogen and oxygen atoms in total. The number of aliphatic hydroxyl groups is 1. The van der Waals surface area contributed by atoms with Gasteiger partial charge in [0.25, 0.3) is 0 Å². The van der Waals surface area contributed by atoms with Crippen LogP contribution in [0.4, 0.5) is 0 Å². The second kappa shape index (κ2) is 6.79. The van der Waals surface area contributed by atoms with Crippen molar-refractivity contribution in [2.24, 2.45) is 0 Å². The second-order valence-corrected chi connectivity index (χ2v) is 6.55. The van der Waals surface area contributed by atoms with Gasteiger partial charge in [0, 0.05) is 18.5 Å². The number of nitrogens with zero attached hydrogens (tertiary/aromatic N) is 1. The molecule has 1 rings (SSSR count). The lowest BCUT2D eigenvalue weighted by Gasteiger charge is -2.36. The van der Waals surface area contributed by atoms with Crippen molar-refractivity contribution in [2.45, 2.75) is 38.1 Å². The summed E-state index contributed by atoms with van der Waals surface area (Å²) < 4.78 is 25.5. The van der Waals surface area contributed by atoms with Gasteiger partial charge in [-0.05, 0) is 25.7 Å². The van der Waals surface area contributed by atoms with Gasteiger partial charge in [0.1, 0.15) is 0 Å². The van der Waals surface area contributed by atoms with Crippen LogP contribution in [-0.4, -0.2) is 48.7 Å². The Morgan fingerprint density at radius 2 is 2.00 bits per heavy atom. The smallest absolute Gasteiger partial charge is 0.214 e. The zero-order valence-electron chi connectivity index (χ0n) is 9.44. The molecule has 1 N–H and O–H groups in total. The van der Waals surface area contributed by atoms with Gasteiger partial charge in [-0.15, -0.1) is 11.6 Å². The summed E-state index contributed by atoms with van der Waals surface area (Å²) in [4.78, 5) is 0. The fraction of sp³-hybridized carbons (Fsp3) is 1.00. The maximum Gasteiger partial charge on any atom is 0.214 e. The number of unbranched alkanes of at least 4 members (excludes halogenated alkanes) is 1. The Labute approximate surface area is 103 Å². The third-order valence-electron chi connectivity index (χ3n) is 2.95. The van der Waals surface area contributed by atoms with Crippen LogP contribution in [0.2, 0.25) is 0 Å². The van der Waals surface area contributed by atoms with Crippen LogP contribution >= 0.6 is 11.6 Å². The van der Waals surface area contributed by atoms with Crippen molar-refractivity contribution in [1.29, 1.82) is 0 Å². The molecule has 0 aromatic carbocycles. The van der Waals surface area contributed by atoms with Crippen molar-refractivity contribution in [1.82, 2.24) is 4.31 Å². The summed E-state index contributed by atoms with van der Waals surface area (Å²) in [6, 6.07) is 0.119. The molecule has 16 heavy (non-hydrogen) atoms. The topological polar surface area (TPSA) is 57.6 Å². The zero-order valence-corrected chi connectivity index (χ0v) is 11.0. The Morgan fingerprint density at radius 1 is 1.31 bits per heavy atom. The molecule has 6 heteroatoms. The molecular weight excluding hydrogens is 250 g/mol. The summed E-state index contributed by atoms with van der Waals surface area (Å²) in [6.07, 6.45) is 4.26. The first-order valence-electron chi connectivity index (χ1n) is 5.78. The van der Waals surface area contributed by atoms with Crippen molar-refractivity contribution in [2.75, 3.05) is 24.8 Å². The molecule has 0 aromatic rings. The first-order valence-corrected chi connectivity index (χ1v) is 7.92. The minimum Gasteiger partial charge on any atom is -0.395 e. The third-order valence-corrected chi connectivity index (χ3v) is 5.21. The molecule has 96 valence electrons. The minimum atomic E-state index is -3.20. The molecule has 0 aromatic heterocycles. The van der Waals surface area contributed by atoms with E-state index in [2.05, 4.69) is 0 Å². The Hall–Kier alpha value is 0.160. The molecule has 0 spiro atoms. The van der Waals surface area contributed by atoms with Crippen LogP contribution in [0.5, 0.6) is 0 Å². The van der Waals surface area contributed by atoms with Crippen molar-refractivity contribution in [3.8, 4) is 0 Å². The van der Waals surface area contributed by atoms with E-state index >= 15 is 0 Å². The average molecular weight is 270 g/mol. The number of rotatable bonds is 8. The van der Waals surface area contributed by atoms with E-state index in [4.69, 9.17) is 16.7 Å². The van der Waals surface area contributed by atoms with E-state index in [0.29, 0.717) is 12.3 Å². The van der Waals surface area contributed by atoms with Gasteiger partial charge >= 0.3 is 0 Å². The van der Waals surface area contributed by atoms with Crippen LogP contribution in [0.1, 0.15) is 32.1 Å². The number of sulfonamides is 1. The summed E-state index contributed by atoms with van der Waals surface area (Å²) >= 11 is 5.52. The summed E-state index contributed by atoms with van der Waals surface area (Å²) in [5.41, 5.74) is 0. The summed E-state index contributed by atoms with van der Waals surface area (Å²) in [6.45, 7) is 0.124. The summed E-state index contributed by atoms with van der Waals surface area (Å²) in [5.74, 6) is 0.648. The van der Waals surface area contributed by atoms with E-state index in [1.807, 2.05) is 0 Å². The maximum atomic E-state index is 12.0. The van der Waals surface area contributed by atoms with Gasteiger partial charge in [-0.1, -0.05) is 6.42 Å². The molecule has 0 unspecified atom stereocenters. The van der Waals surface area contributed by atoms with Crippen LogP contribution in [-0.2, 0) is 10.0 Å². The van der Waals surface area contributed by atoms with Gasteiger partial charge in [-0.2, -0.15) is 4.31 Å². The molecule has 0 heterocycles. The predicted octanol–water partition coefficient (Wildman–Crippen LogP) is 1.18. The van der Waals surface area contributed by atoms with Crippen LogP contribution in [0.25, 0.3) is 0 Å². The molecule has 0 amide bonds. The van der Waals surface area contributed by atoms with E-state index in [9.17, 15) is 8.42 Å². The second-order valence-electron chi connectivity index (χ2n) is 4.13. The van der Waals surface area contributed by atoms with E-state index < -0.39 is 10.0 Å². The van der Waals surface area contributed by atoms with Crippen LogP contribution in [0, 0.1) is 0 Å². The highest BCUT2D eigenvalue weighted by Crippen LogP contribution is 2.27. The van der Waals surface area contributed by atoms with Crippen molar-refractivity contribution >= 4 is 21.6 Å². The Kier molecular flexibility index (Phi) is 6.03. The molecule has 1 aliphatic rings. The molecule has 0 aliphatic heterocycles. The van der Waals surface area contributed by atoms with Gasteiger partial charge in [0.05, 0.1) is 12.4 Å². The highest BCUT2D eigenvalue weighted by atomic mass is 35.5. The maximum absolute atomic E-state index is 12.0. The highest BCUT2D eigenvalue weighted by molar-refractivity contribution is 7.89. The molecule has 1 saturated carbocycles. The number of aliphatic hydroxyl groups excluding tert-OH is 1. The Balaban J connectivity index is 2.53. The predicted molar refractivity (Wildman–Crippen MR) is 65.2 cm³/mol. The zero-order chi connectivity index (χ0) is 12.0. The van der Waals surface area contributed by atoms with Gasteiger partial charge in [0.15, 0.2) is 0 Å². The van der Waals surface area contributed by atoms with Gasteiger partial charge in [-0.25, -0.2) is 8.42 Å². The summed E-state index contributed by atoms with van der Waals surface area (Å²) in [5, 5.41) is 8.91. The van der Waals surface area contributed by atoms with E-state index in [0.717, 1.165) is 25.7 Å². The van der Waals surface area contributed by atoms with Crippen LogP contribution in [0.15, 0.2) is 0 Å². The average Bonchev–Trinajstić information content (AvgIpc) is 2.14. The number of hydrogen-bond donors (Lipinski definition) is 1. The molecular formula is C10H20ClNO3S. The Bertz CT molecular complexity index is 290. The quantitative estimate of drug-likeness (QED) is 0.532. The van der Waals surface area contributed by atoms with E-state index in [-0.39, 0.29) is 24.9 Å². The van der Waals surface area contributed by atoms with Crippen molar-refractivity contribution in [3.05, 3.63) is 0 Å². The third kappa shape index (κ3) is 3.87. The van der Waals surface area contributed by atoms with Gasteiger partial charge in [-0.3, -0.25) is 0 Å². The first-order chi connectivity index (χ1) is 7.61. The molecule has 0 atom stereocenters. The van der Waals surface area contributed by atoms with E-state index in [1.165, 1.54) is 4.31 Å². The lowest BCUT2D eigenvalue weighted by molar-refractivity contribution is 0.178. The number of hydrogen-bond acceptors (Lipinski definition) is 3. The SMILES string of the molecule is O=S(=O)(CCCCCl)N(CCO)C1CCC1. The minimum absolute atomic E-state index is 0.106. The number of alkyl halides is 1. The van der Waals surface area contributed by atoms with Crippen LogP contribution in [0.3, 0.4) is 0 Å². The molecule has 0 saturated heterocycles. The molecule has 1 aliphatic carbocycles. The van der Waals surface area contributed by atoms with Gasteiger partial charge in [0.2, 0.25) is 10.0 Å². The highest BCUT2D eigenvalue weighted by Gasteiger charge is 2.32.